The number of halogens is 1. The maximum absolute atomic E-state index is 4.82. The van der Waals surface area contributed by atoms with Crippen molar-refractivity contribution < 1.29 is 0 Å². The number of fused-ring (bicyclic) bond motifs is 2. The first-order chi connectivity index (χ1) is 13.2. The summed E-state index contributed by atoms with van der Waals surface area (Å²) in [5.41, 5.74) is 1.19. The van der Waals surface area contributed by atoms with E-state index in [2.05, 4.69) is 37.9 Å². The molecule has 2 bridgehead atoms. The molecule has 3 aliphatic heterocycles. The molecule has 2 atom stereocenters. The molecule has 2 unspecified atom stereocenters. The number of rotatable bonds is 5. The molecule has 3 aliphatic rings. The zero-order chi connectivity index (χ0) is 18.6. The van der Waals surface area contributed by atoms with Crippen LogP contribution >= 0.6 is 35.3 Å². The van der Waals surface area contributed by atoms with Crippen LogP contribution in [0.1, 0.15) is 50.6 Å². The molecule has 1 aromatic rings. The third-order valence-corrected chi connectivity index (χ3v) is 7.44. The summed E-state index contributed by atoms with van der Waals surface area (Å²) in [6.45, 7) is 3.21. The molecular weight excluding hydrogens is 483 g/mol. The summed E-state index contributed by atoms with van der Waals surface area (Å²) in [6.07, 6.45) is 10.1. The molecule has 6 nitrogen and oxygen atoms in total. The molecule has 0 saturated carbocycles. The molecular formula is C20H35IN6S. The summed E-state index contributed by atoms with van der Waals surface area (Å²) in [5.74, 6) is 0.942. The monoisotopic (exact) mass is 518 g/mol. The molecule has 0 aromatic carbocycles. The second-order valence-corrected chi connectivity index (χ2v) is 9.12. The van der Waals surface area contributed by atoms with Crippen molar-refractivity contribution in [3.05, 3.63) is 11.1 Å². The van der Waals surface area contributed by atoms with Crippen LogP contribution in [0.4, 0.5) is 5.13 Å². The lowest BCUT2D eigenvalue weighted by Gasteiger charge is -2.47. The number of thiazole rings is 1. The Morgan fingerprint density at radius 2 is 1.93 bits per heavy atom. The Hall–Kier alpha value is -0.610. The van der Waals surface area contributed by atoms with Gasteiger partial charge in [-0.25, -0.2) is 4.98 Å². The Bertz CT molecular complexity index is 630. The van der Waals surface area contributed by atoms with Gasteiger partial charge in [-0.05, 0) is 45.6 Å². The molecule has 1 aromatic heterocycles. The zero-order valence-electron chi connectivity index (χ0n) is 17.2. The van der Waals surface area contributed by atoms with Crippen molar-refractivity contribution >= 4 is 46.4 Å². The van der Waals surface area contributed by atoms with Crippen molar-refractivity contribution in [2.75, 3.05) is 38.6 Å². The summed E-state index contributed by atoms with van der Waals surface area (Å²) in [4.78, 5) is 14.3. The molecule has 8 heteroatoms. The Morgan fingerprint density at radius 3 is 2.61 bits per heavy atom. The van der Waals surface area contributed by atoms with Crippen LogP contribution in [0.2, 0.25) is 0 Å². The number of nitrogens with one attached hydrogen (secondary N) is 2. The minimum absolute atomic E-state index is 0. The zero-order valence-corrected chi connectivity index (χ0v) is 20.3. The molecule has 0 aliphatic carbocycles. The summed E-state index contributed by atoms with van der Waals surface area (Å²) in [5, 5.41) is 10.6. The van der Waals surface area contributed by atoms with Crippen molar-refractivity contribution in [2.24, 2.45) is 4.99 Å². The fourth-order valence-electron chi connectivity index (χ4n) is 4.90. The van der Waals surface area contributed by atoms with Crippen LogP contribution in [-0.4, -0.2) is 67.7 Å². The number of nitrogens with zero attached hydrogens (tertiary/aromatic N) is 4. The molecule has 3 fully saturated rings. The van der Waals surface area contributed by atoms with Gasteiger partial charge in [-0.3, -0.25) is 4.99 Å². The van der Waals surface area contributed by atoms with E-state index in [0.29, 0.717) is 6.04 Å². The largest absolute Gasteiger partial charge is 0.356 e. The van der Waals surface area contributed by atoms with E-state index >= 15 is 0 Å². The highest BCUT2D eigenvalue weighted by molar-refractivity contribution is 14.0. The lowest BCUT2D eigenvalue weighted by Crippen LogP contribution is -2.56. The van der Waals surface area contributed by atoms with Gasteiger partial charge in [0.25, 0.3) is 0 Å². The molecule has 4 heterocycles. The summed E-state index contributed by atoms with van der Waals surface area (Å²) in [6, 6.07) is 2.03. The van der Waals surface area contributed by atoms with E-state index in [-0.39, 0.29) is 24.0 Å². The fourth-order valence-corrected chi connectivity index (χ4v) is 5.81. The Kier molecular flexibility index (Phi) is 8.22. The average molecular weight is 519 g/mol. The molecule has 2 N–H and O–H groups in total. The van der Waals surface area contributed by atoms with E-state index in [4.69, 9.17) is 4.98 Å². The Balaban J connectivity index is 0.00000225. The number of anilines is 1. The number of aliphatic imine (C=N–C) groups is 1. The van der Waals surface area contributed by atoms with Crippen LogP contribution in [0.3, 0.4) is 0 Å². The predicted molar refractivity (Wildman–Crippen MR) is 129 cm³/mol. The molecule has 0 spiro atoms. The van der Waals surface area contributed by atoms with Gasteiger partial charge >= 0.3 is 0 Å². The fraction of sp³-hybridized carbons (Fsp3) is 0.800. The van der Waals surface area contributed by atoms with Crippen LogP contribution in [0, 0.1) is 0 Å². The number of hydrogen-bond donors (Lipinski definition) is 2. The molecule has 158 valence electrons. The van der Waals surface area contributed by atoms with Crippen molar-refractivity contribution in [2.45, 2.75) is 69.5 Å². The number of hydrogen-bond acceptors (Lipinski definition) is 5. The summed E-state index contributed by atoms with van der Waals surface area (Å²) < 4.78 is 0. The van der Waals surface area contributed by atoms with Crippen LogP contribution in [-0.2, 0) is 6.42 Å². The first kappa shape index (κ1) is 22.1. The topological polar surface area (TPSA) is 55.8 Å². The van der Waals surface area contributed by atoms with Crippen LogP contribution in [0.25, 0.3) is 0 Å². The highest BCUT2D eigenvalue weighted by Gasteiger charge is 2.36. The second kappa shape index (κ2) is 10.4. The van der Waals surface area contributed by atoms with Gasteiger partial charge in [-0.2, -0.15) is 0 Å². The lowest BCUT2D eigenvalue weighted by atomic mass is 9.82. The minimum atomic E-state index is 0. The highest BCUT2D eigenvalue weighted by Crippen LogP contribution is 2.32. The number of guanidine groups is 1. The maximum atomic E-state index is 4.82. The van der Waals surface area contributed by atoms with Gasteiger partial charge in [0.15, 0.2) is 11.1 Å². The van der Waals surface area contributed by atoms with Crippen LogP contribution in [0.15, 0.2) is 10.4 Å². The molecule has 0 radical (unpaired) electrons. The smallest absolute Gasteiger partial charge is 0.191 e. The first-order valence-corrected chi connectivity index (χ1v) is 11.5. The standard InChI is InChI=1S/C20H34N6S.HI/c1-21-19(23-16-12-17-6-5-7-18(13-16)25(17)2)22-9-8-15-14-27-20(24-15)26-10-3-4-11-26;/h14,16-18H,3-13H2,1-2H3,(H2,21,22,23);1H. The molecule has 28 heavy (non-hydrogen) atoms. The molecule has 0 amide bonds. The average Bonchev–Trinajstić information content (AvgIpc) is 3.33. The summed E-state index contributed by atoms with van der Waals surface area (Å²) >= 11 is 1.79. The number of piperidine rings is 2. The van der Waals surface area contributed by atoms with Crippen molar-refractivity contribution in [3.63, 3.8) is 0 Å². The third kappa shape index (κ3) is 5.30. The Labute approximate surface area is 190 Å². The maximum Gasteiger partial charge on any atom is 0.191 e. The summed E-state index contributed by atoms with van der Waals surface area (Å²) in [7, 11) is 4.18. The van der Waals surface area contributed by atoms with Crippen LogP contribution in [0.5, 0.6) is 0 Å². The van der Waals surface area contributed by atoms with E-state index in [0.717, 1.165) is 31.0 Å². The van der Waals surface area contributed by atoms with E-state index in [9.17, 15) is 0 Å². The van der Waals surface area contributed by atoms with Gasteiger partial charge in [0.2, 0.25) is 0 Å². The predicted octanol–water partition coefficient (Wildman–Crippen LogP) is 3.08. The molecule has 3 saturated heterocycles. The second-order valence-electron chi connectivity index (χ2n) is 8.28. The first-order valence-electron chi connectivity index (χ1n) is 10.6. The quantitative estimate of drug-likeness (QED) is 0.357. The lowest BCUT2D eigenvalue weighted by molar-refractivity contribution is 0.0526. The van der Waals surface area contributed by atoms with E-state index < -0.39 is 0 Å². The van der Waals surface area contributed by atoms with E-state index in [1.54, 1.807) is 11.3 Å². The minimum Gasteiger partial charge on any atom is -0.356 e. The van der Waals surface area contributed by atoms with Gasteiger partial charge in [0, 0.05) is 56.6 Å². The van der Waals surface area contributed by atoms with E-state index in [1.165, 1.54) is 68.9 Å². The third-order valence-electron chi connectivity index (χ3n) is 6.49. The molecule has 4 rings (SSSR count). The number of aromatic nitrogens is 1. The van der Waals surface area contributed by atoms with Crippen molar-refractivity contribution in [1.29, 1.82) is 0 Å². The van der Waals surface area contributed by atoms with Gasteiger partial charge in [-0.1, -0.05) is 6.42 Å². The normalized spacial score (nSPS) is 28.1. The Morgan fingerprint density at radius 1 is 1.21 bits per heavy atom. The van der Waals surface area contributed by atoms with Gasteiger partial charge in [-0.15, -0.1) is 35.3 Å². The van der Waals surface area contributed by atoms with Crippen LogP contribution < -0.4 is 15.5 Å². The van der Waals surface area contributed by atoms with Gasteiger partial charge in [0.05, 0.1) is 5.69 Å². The van der Waals surface area contributed by atoms with Crippen molar-refractivity contribution in [3.8, 4) is 0 Å². The van der Waals surface area contributed by atoms with Gasteiger partial charge in [0.1, 0.15) is 0 Å². The highest BCUT2D eigenvalue weighted by atomic mass is 127. The van der Waals surface area contributed by atoms with Gasteiger partial charge < -0.3 is 20.4 Å². The van der Waals surface area contributed by atoms with E-state index in [1.807, 2.05) is 7.05 Å². The van der Waals surface area contributed by atoms with Crippen molar-refractivity contribution in [1.82, 2.24) is 20.5 Å². The SMILES string of the molecule is CN=C(NCCc1csc(N2CCCC2)n1)NC1CC2CCCC(C1)N2C.I.